The lowest BCUT2D eigenvalue weighted by molar-refractivity contribution is 0.304. The number of nitrogens with zero attached hydrogens (tertiary/aromatic N) is 2. The van der Waals surface area contributed by atoms with Gasteiger partial charge in [-0.3, -0.25) is 14.3 Å². The normalized spacial score (nSPS) is 13.4. The molecule has 146 valence electrons. The summed E-state index contributed by atoms with van der Waals surface area (Å²) in [6.45, 7) is 2.34. The Morgan fingerprint density at radius 3 is 2.83 bits per heavy atom. The quantitative estimate of drug-likeness (QED) is 0.470. The predicted octanol–water partition coefficient (Wildman–Crippen LogP) is 5.21. The third-order valence-electron chi connectivity index (χ3n) is 5.49. The molecule has 1 aromatic carbocycles. The van der Waals surface area contributed by atoms with Crippen molar-refractivity contribution in [2.75, 3.05) is 0 Å². The molecule has 5 rings (SSSR count). The van der Waals surface area contributed by atoms with Crippen molar-refractivity contribution < 1.29 is 4.74 Å². The first kappa shape index (κ1) is 18.1. The van der Waals surface area contributed by atoms with Crippen LogP contribution in [0, 0.1) is 6.92 Å². The number of fused-ring (bicyclic) bond motifs is 3. The van der Waals surface area contributed by atoms with Crippen molar-refractivity contribution in [3.05, 3.63) is 86.9 Å². The van der Waals surface area contributed by atoms with Crippen LogP contribution in [-0.2, 0) is 19.4 Å². The Morgan fingerprint density at radius 1 is 1.10 bits per heavy atom. The first-order chi connectivity index (χ1) is 14.2. The molecular weight excluding hydrogens is 380 g/mol. The van der Waals surface area contributed by atoms with Gasteiger partial charge in [0.2, 0.25) is 0 Å². The summed E-state index contributed by atoms with van der Waals surface area (Å²) in [6.07, 6.45) is 8.52. The largest absolute Gasteiger partial charge is 0.489 e. The van der Waals surface area contributed by atoms with Crippen LogP contribution in [0.4, 0.5) is 0 Å². The monoisotopic (exact) mass is 402 g/mol. The molecule has 0 N–H and O–H groups in total. The number of benzene rings is 1. The molecule has 1 aliphatic carbocycles. The van der Waals surface area contributed by atoms with Gasteiger partial charge in [-0.2, -0.15) is 0 Å². The Morgan fingerprint density at radius 2 is 2.00 bits per heavy atom. The average molecular weight is 403 g/mol. The third-order valence-corrected chi connectivity index (χ3v) is 6.74. The first-order valence-electron chi connectivity index (χ1n) is 9.99. The van der Waals surface area contributed by atoms with Crippen molar-refractivity contribution in [3.63, 3.8) is 0 Å². The third kappa shape index (κ3) is 3.58. The molecule has 5 heteroatoms. The standard InChI is InChI=1S/C24H22N2O2S/c1-16-6-7-17(14-25-16)15-28-19-10-11-26(24(27)13-19)18-8-9-21-20-4-2-3-5-22(20)29-23(21)12-18/h6-14H,2-5,15H2,1H3. The van der Waals surface area contributed by atoms with E-state index in [1.165, 1.54) is 46.2 Å². The van der Waals surface area contributed by atoms with E-state index in [0.717, 1.165) is 16.9 Å². The molecular formula is C24H22N2O2S. The lowest BCUT2D eigenvalue weighted by atomic mass is 9.96. The van der Waals surface area contributed by atoms with E-state index in [-0.39, 0.29) is 5.56 Å². The van der Waals surface area contributed by atoms with Gasteiger partial charge in [-0.05, 0) is 67.8 Å². The molecule has 3 heterocycles. The molecule has 0 aliphatic heterocycles. The van der Waals surface area contributed by atoms with E-state index in [4.69, 9.17) is 4.74 Å². The Balaban J connectivity index is 1.39. The molecule has 0 amide bonds. The van der Waals surface area contributed by atoms with Gasteiger partial charge in [0, 0.05) is 39.3 Å². The van der Waals surface area contributed by atoms with Gasteiger partial charge in [-0.25, -0.2) is 0 Å². The summed E-state index contributed by atoms with van der Waals surface area (Å²) < 4.78 is 8.73. The van der Waals surface area contributed by atoms with E-state index in [1.807, 2.05) is 42.5 Å². The zero-order valence-corrected chi connectivity index (χ0v) is 17.2. The predicted molar refractivity (Wildman–Crippen MR) is 117 cm³/mol. The number of hydrogen-bond acceptors (Lipinski definition) is 4. The summed E-state index contributed by atoms with van der Waals surface area (Å²) >= 11 is 1.88. The number of rotatable bonds is 4. The zero-order chi connectivity index (χ0) is 19.8. The highest BCUT2D eigenvalue weighted by Crippen LogP contribution is 2.37. The summed E-state index contributed by atoms with van der Waals surface area (Å²) in [5.74, 6) is 0.569. The maximum atomic E-state index is 12.7. The van der Waals surface area contributed by atoms with E-state index in [2.05, 4.69) is 17.1 Å². The minimum Gasteiger partial charge on any atom is -0.489 e. The van der Waals surface area contributed by atoms with Crippen molar-refractivity contribution in [1.82, 2.24) is 9.55 Å². The number of aromatic nitrogens is 2. The topological polar surface area (TPSA) is 44.1 Å². The van der Waals surface area contributed by atoms with Crippen molar-refractivity contribution in [1.29, 1.82) is 0 Å². The highest BCUT2D eigenvalue weighted by Gasteiger charge is 2.16. The highest BCUT2D eigenvalue weighted by molar-refractivity contribution is 7.19. The van der Waals surface area contributed by atoms with E-state index in [1.54, 1.807) is 23.0 Å². The Kier molecular flexibility index (Phi) is 4.68. The van der Waals surface area contributed by atoms with Crippen molar-refractivity contribution in [2.45, 2.75) is 39.2 Å². The molecule has 0 unspecified atom stereocenters. The van der Waals surface area contributed by atoms with Gasteiger partial charge in [-0.15, -0.1) is 11.3 Å². The fourth-order valence-corrected chi connectivity index (χ4v) is 5.24. The molecule has 1 aliphatic rings. The summed E-state index contributed by atoms with van der Waals surface area (Å²) in [4.78, 5) is 18.5. The second-order valence-corrected chi connectivity index (χ2v) is 8.70. The second kappa shape index (κ2) is 7.48. The molecule has 0 atom stereocenters. The minimum atomic E-state index is -0.0924. The number of hydrogen-bond donors (Lipinski definition) is 0. The van der Waals surface area contributed by atoms with E-state index >= 15 is 0 Å². The molecule has 0 saturated heterocycles. The van der Waals surface area contributed by atoms with Crippen LogP contribution in [0.1, 0.15) is 34.5 Å². The Labute approximate surface area is 173 Å². The number of ether oxygens (including phenoxy) is 1. The summed E-state index contributed by atoms with van der Waals surface area (Å²) in [5.41, 5.74) is 4.27. The maximum Gasteiger partial charge on any atom is 0.258 e. The fraction of sp³-hybridized carbons (Fsp3) is 0.250. The van der Waals surface area contributed by atoms with Gasteiger partial charge in [0.05, 0.1) is 5.69 Å². The average Bonchev–Trinajstić information content (AvgIpc) is 3.11. The van der Waals surface area contributed by atoms with Crippen LogP contribution in [0.5, 0.6) is 5.75 Å². The van der Waals surface area contributed by atoms with Gasteiger partial charge in [0.25, 0.3) is 5.56 Å². The van der Waals surface area contributed by atoms with E-state index < -0.39 is 0 Å². The van der Waals surface area contributed by atoms with Crippen LogP contribution in [0.3, 0.4) is 0 Å². The molecule has 29 heavy (non-hydrogen) atoms. The maximum absolute atomic E-state index is 12.7. The molecule has 0 bridgehead atoms. The molecule has 4 nitrogen and oxygen atoms in total. The summed E-state index contributed by atoms with van der Waals surface area (Å²) in [5, 5.41) is 1.35. The fourth-order valence-electron chi connectivity index (χ4n) is 3.92. The smallest absolute Gasteiger partial charge is 0.258 e. The molecule has 3 aromatic heterocycles. The molecule has 0 fully saturated rings. The lowest BCUT2D eigenvalue weighted by Crippen LogP contribution is -2.16. The Hall–Kier alpha value is -2.92. The van der Waals surface area contributed by atoms with Crippen LogP contribution in [0.15, 0.2) is 59.7 Å². The van der Waals surface area contributed by atoms with Crippen LogP contribution in [0.25, 0.3) is 15.8 Å². The van der Waals surface area contributed by atoms with Gasteiger partial charge in [-0.1, -0.05) is 12.1 Å². The van der Waals surface area contributed by atoms with Crippen molar-refractivity contribution in [2.24, 2.45) is 0 Å². The number of thiophene rings is 1. The summed E-state index contributed by atoms with van der Waals surface area (Å²) in [6, 6.07) is 13.7. The van der Waals surface area contributed by atoms with Gasteiger partial charge >= 0.3 is 0 Å². The number of pyridine rings is 2. The van der Waals surface area contributed by atoms with Crippen molar-refractivity contribution >= 4 is 21.4 Å². The zero-order valence-electron chi connectivity index (χ0n) is 16.4. The Bertz CT molecular complexity index is 1240. The molecule has 4 aromatic rings. The minimum absolute atomic E-state index is 0.0924. The van der Waals surface area contributed by atoms with Crippen LogP contribution in [0.2, 0.25) is 0 Å². The molecule has 0 spiro atoms. The highest BCUT2D eigenvalue weighted by atomic mass is 32.1. The van der Waals surface area contributed by atoms with Gasteiger partial charge in [0.15, 0.2) is 0 Å². The van der Waals surface area contributed by atoms with Gasteiger partial charge < -0.3 is 4.74 Å². The van der Waals surface area contributed by atoms with Crippen LogP contribution < -0.4 is 10.3 Å². The van der Waals surface area contributed by atoms with Crippen molar-refractivity contribution in [3.8, 4) is 11.4 Å². The number of aryl methyl sites for hydroxylation is 3. The molecule has 0 saturated carbocycles. The second-order valence-electron chi connectivity index (χ2n) is 7.56. The van der Waals surface area contributed by atoms with E-state index in [0.29, 0.717) is 12.4 Å². The SMILES string of the molecule is Cc1ccc(COc2ccn(-c3ccc4c5c(sc4c3)CCCC5)c(=O)c2)cn1. The van der Waals surface area contributed by atoms with E-state index in [9.17, 15) is 4.79 Å². The van der Waals surface area contributed by atoms with Crippen LogP contribution in [-0.4, -0.2) is 9.55 Å². The summed E-state index contributed by atoms with van der Waals surface area (Å²) in [7, 11) is 0. The van der Waals surface area contributed by atoms with Crippen LogP contribution >= 0.6 is 11.3 Å². The lowest BCUT2D eigenvalue weighted by Gasteiger charge is -2.11. The van der Waals surface area contributed by atoms with Gasteiger partial charge in [0.1, 0.15) is 12.4 Å². The molecule has 0 radical (unpaired) electrons. The first-order valence-corrected chi connectivity index (χ1v) is 10.8.